The minimum atomic E-state index is -0.295. The molecule has 2 heterocycles. The average Bonchev–Trinajstić information content (AvgIpc) is 2.99. The van der Waals surface area contributed by atoms with Crippen molar-refractivity contribution in [1.29, 1.82) is 0 Å². The van der Waals surface area contributed by atoms with Gasteiger partial charge in [0.1, 0.15) is 6.61 Å². The van der Waals surface area contributed by atoms with Gasteiger partial charge in [-0.15, -0.1) is 0 Å². The third kappa shape index (κ3) is 4.52. The van der Waals surface area contributed by atoms with Crippen molar-refractivity contribution in [2.45, 2.75) is 20.5 Å². The van der Waals surface area contributed by atoms with Crippen LogP contribution >= 0.6 is 0 Å². The van der Waals surface area contributed by atoms with Gasteiger partial charge >= 0.3 is 6.09 Å². The van der Waals surface area contributed by atoms with Crippen molar-refractivity contribution in [2.24, 2.45) is 0 Å². The Hall–Kier alpha value is -2.60. The van der Waals surface area contributed by atoms with Crippen molar-refractivity contribution in [3.8, 4) is 0 Å². The van der Waals surface area contributed by atoms with E-state index in [0.717, 1.165) is 22.5 Å². The average molecular weight is 355 g/mol. The predicted octanol–water partition coefficient (Wildman–Crippen LogP) is 2.77. The van der Waals surface area contributed by atoms with Crippen LogP contribution in [0.3, 0.4) is 0 Å². The van der Waals surface area contributed by atoms with E-state index in [0.29, 0.717) is 32.7 Å². The number of carbonyl (C=O) groups excluding carboxylic acids is 2. The lowest BCUT2D eigenvalue weighted by molar-refractivity contribution is 0.0678. The summed E-state index contributed by atoms with van der Waals surface area (Å²) < 4.78 is 5.37. The Morgan fingerprint density at radius 1 is 1.08 bits per heavy atom. The van der Waals surface area contributed by atoms with Crippen LogP contribution in [0.4, 0.5) is 4.79 Å². The van der Waals surface area contributed by atoms with E-state index in [2.05, 4.69) is 9.88 Å². The van der Waals surface area contributed by atoms with E-state index in [1.165, 1.54) is 0 Å². The number of amides is 1. The number of Topliss-reactive ketones (excluding diaryl/α,β-unsaturated/α-hetero) is 1. The number of hydrogen-bond donors (Lipinski definition) is 1. The normalized spacial score (nSPS) is 15.1. The lowest BCUT2D eigenvalue weighted by atomic mass is 10.1. The summed E-state index contributed by atoms with van der Waals surface area (Å²) in [5.74, 6) is 0.118. The Labute approximate surface area is 153 Å². The number of H-pyrrole nitrogens is 1. The molecule has 0 bridgehead atoms. The van der Waals surface area contributed by atoms with Gasteiger partial charge in [-0.05, 0) is 25.5 Å². The lowest BCUT2D eigenvalue weighted by Gasteiger charge is -2.33. The summed E-state index contributed by atoms with van der Waals surface area (Å²) in [5, 5.41) is 0. The highest BCUT2D eigenvalue weighted by Crippen LogP contribution is 2.12. The SMILES string of the molecule is Cc1cc(C(=O)CN2CCN(C(=O)OCc3ccccc3)CC2)c(C)[nH]1. The molecule has 1 aromatic heterocycles. The van der Waals surface area contributed by atoms with Gasteiger partial charge in [-0.2, -0.15) is 0 Å². The van der Waals surface area contributed by atoms with Gasteiger partial charge in [0.05, 0.1) is 6.54 Å². The highest BCUT2D eigenvalue weighted by molar-refractivity contribution is 5.98. The number of rotatable bonds is 5. The number of nitrogens with zero attached hydrogens (tertiary/aromatic N) is 2. The van der Waals surface area contributed by atoms with Gasteiger partial charge in [0.25, 0.3) is 0 Å². The van der Waals surface area contributed by atoms with Crippen molar-refractivity contribution >= 4 is 11.9 Å². The van der Waals surface area contributed by atoms with Crippen LogP contribution in [-0.2, 0) is 11.3 Å². The largest absolute Gasteiger partial charge is 0.445 e. The summed E-state index contributed by atoms with van der Waals surface area (Å²) in [5.41, 5.74) is 3.64. The second kappa shape index (κ2) is 8.19. The van der Waals surface area contributed by atoms with Crippen molar-refractivity contribution in [1.82, 2.24) is 14.8 Å². The van der Waals surface area contributed by atoms with Gasteiger partial charge in [0.15, 0.2) is 5.78 Å². The molecule has 1 amide bonds. The smallest absolute Gasteiger partial charge is 0.410 e. The molecule has 0 saturated carbocycles. The van der Waals surface area contributed by atoms with E-state index in [-0.39, 0.29) is 18.5 Å². The predicted molar refractivity (Wildman–Crippen MR) is 99.2 cm³/mol. The molecule has 1 aliphatic rings. The first-order valence-corrected chi connectivity index (χ1v) is 8.90. The van der Waals surface area contributed by atoms with Gasteiger partial charge in [0, 0.05) is 43.1 Å². The topological polar surface area (TPSA) is 65.6 Å². The molecule has 2 aromatic rings. The first-order chi connectivity index (χ1) is 12.5. The molecule has 26 heavy (non-hydrogen) atoms. The minimum absolute atomic E-state index is 0.118. The zero-order valence-corrected chi connectivity index (χ0v) is 15.3. The number of aromatic amines is 1. The number of benzene rings is 1. The zero-order chi connectivity index (χ0) is 18.5. The molecule has 1 aromatic carbocycles. The summed E-state index contributed by atoms with van der Waals surface area (Å²) in [7, 11) is 0. The number of aromatic nitrogens is 1. The fraction of sp³-hybridized carbons (Fsp3) is 0.400. The maximum Gasteiger partial charge on any atom is 0.410 e. The summed E-state index contributed by atoms with van der Waals surface area (Å²) in [4.78, 5) is 31.6. The third-order valence-electron chi connectivity index (χ3n) is 4.65. The van der Waals surface area contributed by atoms with E-state index in [9.17, 15) is 9.59 Å². The number of aryl methyl sites for hydroxylation is 2. The Bertz CT molecular complexity index is 762. The number of piperazine rings is 1. The van der Waals surface area contributed by atoms with Gasteiger partial charge in [0.2, 0.25) is 0 Å². The quantitative estimate of drug-likeness (QED) is 0.838. The summed E-state index contributed by atoms with van der Waals surface area (Å²) in [6, 6.07) is 11.5. The fourth-order valence-electron chi connectivity index (χ4n) is 3.20. The van der Waals surface area contributed by atoms with E-state index in [1.54, 1.807) is 4.90 Å². The van der Waals surface area contributed by atoms with Gasteiger partial charge in [-0.25, -0.2) is 4.79 Å². The maximum atomic E-state index is 12.5. The number of nitrogens with one attached hydrogen (secondary N) is 1. The van der Waals surface area contributed by atoms with Crippen LogP contribution in [0.15, 0.2) is 36.4 Å². The molecule has 1 fully saturated rings. The van der Waals surface area contributed by atoms with Gasteiger partial charge in [-0.3, -0.25) is 9.69 Å². The molecule has 0 radical (unpaired) electrons. The van der Waals surface area contributed by atoms with E-state index < -0.39 is 0 Å². The van der Waals surface area contributed by atoms with Crippen LogP contribution in [0.5, 0.6) is 0 Å². The molecule has 6 heteroatoms. The van der Waals surface area contributed by atoms with Crippen molar-refractivity contribution in [3.05, 3.63) is 58.9 Å². The molecule has 1 saturated heterocycles. The Kier molecular flexibility index (Phi) is 5.73. The monoisotopic (exact) mass is 355 g/mol. The molecule has 1 N–H and O–H groups in total. The highest BCUT2D eigenvalue weighted by atomic mass is 16.6. The molecule has 138 valence electrons. The summed E-state index contributed by atoms with van der Waals surface area (Å²) >= 11 is 0. The third-order valence-corrected chi connectivity index (χ3v) is 4.65. The first kappa shape index (κ1) is 18.2. The van der Waals surface area contributed by atoms with Gasteiger partial charge < -0.3 is 14.6 Å². The second-order valence-corrected chi connectivity index (χ2v) is 6.72. The molecule has 0 spiro atoms. The lowest BCUT2D eigenvalue weighted by Crippen LogP contribution is -2.50. The number of ether oxygens (including phenoxy) is 1. The Balaban J connectivity index is 1.44. The molecule has 1 aliphatic heterocycles. The Morgan fingerprint density at radius 2 is 1.77 bits per heavy atom. The van der Waals surface area contributed by atoms with E-state index in [1.807, 2.05) is 50.2 Å². The molecule has 6 nitrogen and oxygen atoms in total. The van der Waals surface area contributed by atoms with E-state index >= 15 is 0 Å². The zero-order valence-electron chi connectivity index (χ0n) is 15.3. The molecule has 0 unspecified atom stereocenters. The number of ketones is 1. The van der Waals surface area contributed by atoms with Crippen molar-refractivity contribution in [2.75, 3.05) is 32.7 Å². The van der Waals surface area contributed by atoms with Crippen LogP contribution in [0, 0.1) is 13.8 Å². The molecule has 0 aliphatic carbocycles. The fourth-order valence-corrected chi connectivity index (χ4v) is 3.20. The molecule has 3 rings (SSSR count). The second-order valence-electron chi connectivity index (χ2n) is 6.72. The van der Waals surface area contributed by atoms with Crippen LogP contribution in [0.1, 0.15) is 27.3 Å². The van der Waals surface area contributed by atoms with Crippen LogP contribution in [-0.4, -0.2) is 59.4 Å². The van der Waals surface area contributed by atoms with Crippen LogP contribution in [0.25, 0.3) is 0 Å². The standard InChI is InChI=1S/C20H25N3O3/c1-15-12-18(16(2)21-15)19(24)13-22-8-10-23(11-9-22)20(25)26-14-17-6-4-3-5-7-17/h3-7,12,21H,8-11,13-14H2,1-2H3. The Morgan fingerprint density at radius 3 is 2.38 bits per heavy atom. The summed E-state index contributed by atoms with van der Waals surface area (Å²) in [6.07, 6.45) is -0.295. The van der Waals surface area contributed by atoms with Crippen LogP contribution < -0.4 is 0 Å². The maximum absolute atomic E-state index is 12.5. The van der Waals surface area contributed by atoms with Gasteiger partial charge in [-0.1, -0.05) is 30.3 Å². The number of hydrogen-bond acceptors (Lipinski definition) is 4. The van der Waals surface area contributed by atoms with Crippen molar-refractivity contribution < 1.29 is 14.3 Å². The first-order valence-electron chi connectivity index (χ1n) is 8.90. The molecule has 0 atom stereocenters. The highest BCUT2D eigenvalue weighted by Gasteiger charge is 2.24. The minimum Gasteiger partial charge on any atom is -0.445 e. The number of carbonyl (C=O) groups is 2. The van der Waals surface area contributed by atoms with E-state index in [4.69, 9.17) is 4.74 Å². The van der Waals surface area contributed by atoms with Crippen molar-refractivity contribution in [3.63, 3.8) is 0 Å². The van der Waals surface area contributed by atoms with Crippen LogP contribution in [0.2, 0.25) is 0 Å². The molecular formula is C20H25N3O3. The molecular weight excluding hydrogens is 330 g/mol. The summed E-state index contributed by atoms with van der Waals surface area (Å²) in [6.45, 7) is 7.03.